The number of pyridine rings is 1. The minimum absolute atomic E-state index is 0.0722. The SMILES string of the molecule is Cc1cc(-c2cccs2)nc2cc(C3=NC(C4CC(CN(C)C)C4)=C4C=NC=C[N+]34N)ccc12. The second-order valence-electron chi connectivity index (χ2n) is 9.89. The number of thiophene rings is 1. The van der Waals surface area contributed by atoms with Crippen LogP contribution in [0.2, 0.25) is 0 Å². The summed E-state index contributed by atoms with van der Waals surface area (Å²) in [6.07, 6.45) is 7.89. The van der Waals surface area contributed by atoms with Gasteiger partial charge in [-0.05, 0) is 75.0 Å². The predicted octanol–water partition coefficient (Wildman–Crippen LogP) is 5.08. The fourth-order valence-corrected chi connectivity index (χ4v) is 6.11. The Labute approximate surface area is 204 Å². The van der Waals surface area contributed by atoms with Gasteiger partial charge in [0.05, 0.1) is 34.1 Å². The normalized spacial score (nSPS) is 25.7. The number of rotatable bonds is 5. The lowest BCUT2D eigenvalue weighted by Gasteiger charge is -2.36. The number of hydrogen-bond donors (Lipinski definition) is 1. The Morgan fingerprint density at radius 2 is 2.03 bits per heavy atom. The zero-order valence-electron chi connectivity index (χ0n) is 19.8. The van der Waals surface area contributed by atoms with Crippen molar-refractivity contribution in [3.63, 3.8) is 0 Å². The van der Waals surface area contributed by atoms with Gasteiger partial charge in [0.2, 0.25) is 5.70 Å². The number of benzene rings is 1. The van der Waals surface area contributed by atoms with E-state index in [-0.39, 0.29) is 4.59 Å². The van der Waals surface area contributed by atoms with E-state index in [1.807, 2.05) is 12.4 Å². The van der Waals surface area contributed by atoms with Gasteiger partial charge in [-0.15, -0.1) is 15.9 Å². The highest BCUT2D eigenvalue weighted by Gasteiger charge is 2.48. The Balaban J connectivity index is 1.40. The van der Waals surface area contributed by atoms with E-state index in [1.165, 1.54) is 10.4 Å². The first-order chi connectivity index (χ1) is 16.4. The zero-order valence-corrected chi connectivity index (χ0v) is 20.6. The number of allylic oxidation sites excluding steroid dienone is 2. The summed E-state index contributed by atoms with van der Waals surface area (Å²) in [4.78, 5) is 18.0. The number of nitrogens with zero attached hydrogens (tertiary/aromatic N) is 5. The van der Waals surface area contributed by atoms with Gasteiger partial charge in [0.15, 0.2) is 0 Å². The molecule has 0 amide bonds. The third-order valence-corrected chi connectivity index (χ3v) is 8.01. The number of nitrogens with two attached hydrogens (primary N) is 1. The first-order valence-electron chi connectivity index (χ1n) is 11.7. The van der Waals surface area contributed by atoms with Crippen LogP contribution in [0, 0.1) is 18.8 Å². The van der Waals surface area contributed by atoms with Gasteiger partial charge in [-0.1, -0.05) is 12.1 Å². The molecular formula is C27H29N6S+. The summed E-state index contributed by atoms with van der Waals surface area (Å²) in [6.45, 7) is 3.27. The van der Waals surface area contributed by atoms with Gasteiger partial charge in [0.1, 0.15) is 11.9 Å². The summed E-state index contributed by atoms with van der Waals surface area (Å²) in [5.74, 6) is 8.97. The lowest BCUT2D eigenvalue weighted by molar-refractivity contribution is -0.750. The van der Waals surface area contributed by atoms with E-state index in [0.29, 0.717) is 11.8 Å². The average Bonchev–Trinajstić information content (AvgIpc) is 3.42. The molecule has 4 heterocycles. The average molecular weight is 470 g/mol. The van der Waals surface area contributed by atoms with E-state index in [2.05, 4.69) is 72.7 Å². The van der Waals surface area contributed by atoms with Crippen molar-refractivity contribution < 1.29 is 4.59 Å². The van der Waals surface area contributed by atoms with Gasteiger partial charge in [-0.25, -0.2) is 4.98 Å². The molecule has 6 nitrogen and oxygen atoms in total. The van der Waals surface area contributed by atoms with E-state index in [0.717, 1.165) is 58.8 Å². The van der Waals surface area contributed by atoms with Crippen LogP contribution in [0.3, 0.4) is 0 Å². The van der Waals surface area contributed by atoms with Crippen LogP contribution < -0.4 is 5.84 Å². The van der Waals surface area contributed by atoms with Gasteiger partial charge in [-0.3, -0.25) is 4.99 Å². The van der Waals surface area contributed by atoms with E-state index in [9.17, 15) is 0 Å². The third-order valence-electron chi connectivity index (χ3n) is 7.12. The maximum Gasteiger partial charge on any atom is 0.264 e. The van der Waals surface area contributed by atoms with Crippen molar-refractivity contribution in [2.24, 2.45) is 27.7 Å². The summed E-state index contributed by atoms with van der Waals surface area (Å²) in [7, 11) is 4.28. The van der Waals surface area contributed by atoms with E-state index in [4.69, 9.17) is 15.8 Å². The standard InChI is InChI=1S/C27H29N6S/c1-17-11-23(25-5-4-10-34-25)30-22-14-19(6-7-21(17)22)27-31-26(20-12-18(13-20)16-32(2)3)24-15-29-8-9-33(24,27)28/h4-11,14-15,18,20H,12-13,16,28H2,1-3H3/q+1. The molecule has 172 valence electrons. The largest absolute Gasteiger partial charge is 0.309 e. The zero-order chi connectivity index (χ0) is 23.4. The summed E-state index contributed by atoms with van der Waals surface area (Å²) in [6, 6.07) is 12.8. The molecule has 1 saturated carbocycles. The van der Waals surface area contributed by atoms with Crippen molar-refractivity contribution in [3.8, 4) is 10.6 Å². The van der Waals surface area contributed by atoms with E-state index < -0.39 is 0 Å². The molecule has 3 aliphatic rings. The molecule has 1 aromatic carbocycles. The smallest absolute Gasteiger partial charge is 0.264 e. The molecule has 1 fully saturated rings. The molecule has 0 radical (unpaired) electrons. The molecule has 7 heteroatoms. The Kier molecular flexibility index (Phi) is 5.11. The number of amidine groups is 1. The highest BCUT2D eigenvalue weighted by Crippen LogP contribution is 2.45. The molecule has 6 rings (SSSR count). The van der Waals surface area contributed by atoms with Gasteiger partial charge < -0.3 is 4.90 Å². The molecule has 1 aliphatic carbocycles. The Morgan fingerprint density at radius 1 is 1.18 bits per heavy atom. The van der Waals surface area contributed by atoms with Gasteiger partial charge in [-0.2, -0.15) is 10.8 Å². The number of aromatic nitrogens is 1. The van der Waals surface area contributed by atoms with Crippen LogP contribution in [-0.2, 0) is 0 Å². The van der Waals surface area contributed by atoms with Crippen LogP contribution in [0.25, 0.3) is 21.5 Å². The molecule has 1 atom stereocenters. The maximum atomic E-state index is 6.99. The van der Waals surface area contributed by atoms with Crippen LogP contribution in [0.1, 0.15) is 24.0 Å². The fourth-order valence-electron chi connectivity index (χ4n) is 5.42. The molecular weight excluding hydrogens is 440 g/mol. The molecule has 1 unspecified atom stereocenters. The lowest BCUT2D eigenvalue weighted by Crippen LogP contribution is -2.53. The lowest BCUT2D eigenvalue weighted by atomic mass is 9.72. The van der Waals surface area contributed by atoms with E-state index in [1.54, 1.807) is 17.5 Å². The van der Waals surface area contributed by atoms with Crippen molar-refractivity contribution >= 4 is 34.3 Å². The highest BCUT2D eigenvalue weighted by molar-refractivity contribution is 7.13. The summed E-state index contributed by atoms with van der Waals surface area (Å²) in [5, 5.41) is 3.24. The summed E-state index contributed by atoms with van der Waals surface area (Å²) >= 11 is 1.71. The Hall–Kier alpha value is -2.97. The minimum atomic E-state index is 0.0722. The molecule has 0 spiro atoms. The Morgan fingerprint density at radius 3 is 2.79 bits per heavy atom. The summed E-state index contributed by atoms with van der Waals surface area (Å²) in [5.41, 5.74) is 6.28. The van der Waals surface area contributed by atoms with E-state index >= 15 is 0 Å². The molecule has 2 aromatic heterocycles. The van der Waals surface area contributed by atoms with Crippen LogP contribution in [0.15, 0.2) is 75.6 Å². The fraction of sp³-hybridized carbons (Fsp3) is 0.296. The number of fused-ring (bicyclic) bond motifs is 2. The van der Waals surface area contributed by atoms with Crippen LogP contribution in [0.5, 0.6) is 0 Å². The van der Waals surface area contributed by atoms with Crippen molar-refractivity contribution in [1.29, 1.82) is 0 Å². The predicted molar refractivity (Wildman–Crippen MR) is 140 cm³/mol. The molecule has 0 saturated heterocycles. The quantitative estimate of drug-likeness (QED) is 0.419. The van der Waals surface area contributed by atoms with Crippen molar-refractivity contribution in [2.75, 3.05) is 20.6 Å². The first kappa shape index (κ1) is 21.6. The second kappa shape index (κ2) is 8.06. The number of aryl methyl sites for hydroxylation is 1. The molecule has 3 aromatic rings. The molecule has 34 heavy (non-hydrogen) atoms. The number of quaternary nitrogens is 1. The number of hydrogen-bond acceptors (Lipinski definition) is 6. The summed E-state index contributed by atoms with van der Waals surface area (Å²) < 4.78 is 0.0722. The second-order valence-corrected chi connectivity index (χ2v) is 10.8. The van der Waals surface area contributed by atoms with Crippen LogP contribution in [-0.4, -0.2) is 47.2 Å². The van der Waals surface area contributed by atoms with Crippen LogP contribution >= 0.6 is 11.3 Å². The molecule has 2 N–H and O–H groups in total. The van der Waals surface area contributed by atoms with Gasteiger partial charge in [0, 0.05) is 17.8 Å². The minimum Gasteiger partial charge on any atom is -0.309 e. The van der Waals surface area contributed by atoms with Crippen molar-refractivity contribution in [3.05, 3.63) is 76.7 Å². The Bertz CT molecular complexity index is 1390. The van der Waals surface area contributed by atoms with Crippen LogP contribution in [0.4, 0.5) is 0 Å². The monoisotopic (exact) mass is 469 g/mol. The van der Waals surface area contributed by atoms with Gasteiger partial charge >= 0.3 is 0 Å². The first-order valence-corrected chi connectivity index (χ1v) is 12.6. The maximum absolute atomic E-state index is 6.99. The van der Waals surface area contributed by atoms with Crippen molar-refractivity contribution in [2.45, 2.75) is 19.8 Å². The number of aliphatic imine (C=N–C) groups is 2. The molecule has 0 bridgehead atoms. The highest BCUT2D eigenvalue weighted by atomic mass is 32.1. The topological polar surface area (TPSA) is 66.9 Å². The van der Waals surface area contributed by atoms with Gasteiger partial charge in [0.25, 0.3) is 5.84 Å². The molecule has 2 aliphatic heterocycles. The van der Waals surface area contributed by atoms with Crippen molar-refractivity contribution in [1.82, 2.24) is 9.88 Å². The third kappa shape index (κ3) is 3.47.